The largest absolute Gasteiger partial charge is 0.388 e. The third-order valence-corrected chi connectivity index (χ3v) is 3.89. The van der Waals surface area contributed by atoms with E-state index in [0.29, 0.717) is 30.0 Å². The number of nitrogens with zero attached hydrogens (tertiary/aromatic N) is 2. The molecule has 106 valence electrons. The summed E-state index contributed by atoms with van der Waals surface area (Å²) in [7, 11) is 1.73. The molecule has 5 heteroatoms. The van der Waals surface area contributed by atoms with Gasteiger partial charge in [-0.05, 0) is 26.2 Å². The molecule has 1 aliphatic rings. The lowest BCUT2D eigenvalue weighted by Crippen LogP contribution is -2.42. The Hall–Kier alpha value is -1.36. The monoisotopic (exact) mass is 266 g/mol. The van der Waals surface area contributed by atoms with Gasteiger partial charge in [-0.25, -0.2) is 0 Å². The highest BCUT2D eigenvalue weighted by molar-refractivity contribution is 5.96. The second kappa shape index (κ2) is 5.33. The first-order valence-corrected chi connectivity index (χ1v) is 6.90. The van der Waals surface area contributed by atoms with Gasteiger partial charge in [0.15, 0.2) is 0 Å². The Morgan fingerprint density at radius 3 is 2.68 bits per heavy atom. The number of hydrogen-bond donors (Lipinski definition) is 1. The Bertz CT molecular complexity index is 461. The number of hydrogen-bond acceptors (Lipinski definition) is 4. The number of aromatic nitrogens is 1. The third-order valence-electron chi connectivity index (χ3n) is 3.89. The number of carbonyl (C=O) groups is 1. The van der Waals surface area contributed by atoms with Crippen LogP contribution in [0.2, 0.25) is 0 Å². The first-order chi connectivity index (χ1) is 8.97. The molecule has 1 heterocycles. The highest BCUT2D eigenvalue weighted by Gasteiger charge is 2.34. The molecular weight excluding hydrogens is 244 g/mol. The summed E-state index contributed by atoms with van der Waals surface area (Å²) in [4.78, 5) is 14.0. The van der Waals surface area contributed by atoms with E-state index in [1.54, 1.807) is 18.9 Å². The summed E-state index contributed by atoms with van der Waals surface area (Å²) in [5, 5.41) is 14.3. The van der Waals surface area contributed by atoms with Gasteiger partial charge in [0.25, 0.3) is 5.91 Å². The summed E-state index contributed by atoms with van der Waals surface area (Å²) in [6.45, 7) is 4.07. The number of rotatable bonds is 4. The molecule has 1 aromatic heterocycles. The van der Waals surface area contributed by atoms with Gasteiger partial charge >= 0.3 is 0 Å². The van der Waals surface area contributed by atoms with Gasteiger partial charge in [-0.1, -0.05) is 24.9 Å². The van der Waals surface area contributed by atoms with Crippen molar-refractivity contribution >= 4 is 5.91 Å². The van der Waals surface area contributed by atoms with E-state index in [1.807, 2.05) is 6.92 Å². The SMILES string of the molecule is CCc1noc(C)c1C(=O)N(C)CC1(O)CCCC1. The molecule has 19 heavy (non-hydrogen) atoms. The van der Waals surface area contributed by atoms with Crippen molar-refractivity contribution in [3.05, 3.63) is 17.0 Å². The van der Waals surface area contributed by atoms with Crippen LogP contribution in [0.1, 0.15) is 54.4 Å². The van der Waals surface area contributed by atoms with Crippen molar-refractivity contribution < 1.29 is 14.4 Å². The Kier molecular flexibility index (Phi) is 3.94. The molecule has 0 saturated heterocycles. The average molecular weight is 266 g/mol. The van der Waals surface area contributed by atoms with Crippen molar-refractivity contribution in [3.63, 3.8) is 0 Å². The maximum atomic E-state index is 12.5. The fraction of sp³-hybridized carbons (Fsp3) is 0.714. The molecule has 1 aliphatic carbocycles. The Balaban J connectivity index is 2.12. The zero-order chi connectivity index (χ0) is 14.0. The first kappa shape index (κ1) is 14.1. The minimum atomic E-state index is -0.720. The minimum absolute atomic E-state index is 0.115. The van der Waals surface area contributed by atoms with Gasteiger partial charge in [0.2, 0.25) is 0 Å². The van der Waals surface area contributed by atoms with E-state index in [0.717, 1.165) is 25.7 Å². The van der Waals surface area contributed by atoms with E-state index in [2.05, 4.69) is 5.16 Å². The van der Waals surface area contributed by atoms with E-state index < -0.39 is 5.60 Å². The van der Waals surface area contributed by atoms with E-state index in [1.165, 1.54) is 0 Å². The van der Waals surface area contributed by atoms with Crippen molar-refractivity contribution in [2.45, 2.75) is 51.6 Å². The Morgan fingerprint density at radius 1 is 1.47 bits per heavy atom. The molecule has 0 atom stereocenters. The number of amides is 1. The van der Waals surface area contributed by atoms with Crippen molar-refractivity contribution in [1.82, 2.24) is 10.1 Å². The molecule has 0 spiro atoms. The van der Waals surface area contributed by atoms with Crippen LogP contribution in [0.3, 0.4) is 0 Å². The Morgan fingerprint density at radius 2 is 2.11 bits per heavy atom. The van der Waals surface area contributed by atoms with Crippen LogP contribution in [0.15, 0.2) is 4.52 Å². The topological polar surface area (TPSA) is 66.6 Å². The van der Waals surface area contributed by atoms with Gasteiger partial charge in [-0.3, -0.25) is 4.79 Å². The van der Waals surface area contributed by atoms with Gasteiger partial charge in [0.1, 0.15) is 11.3 Å². The number of aryl methyl sites for hydroxylation is 2. The van der Waals surface area contributed by atoms with E-state index in [9.17, 15) is 9.90 Å². The zero-order valence-corrected chi connectivity index (χ0v) is 11.9. The fourth-order valence-electron chi connectivity index (χ4n) is 2.83. The predicted molar refractivity (Wildman–Crippen MR) is 71.0 cm³/mol. The lowest BCUT2D eigenvalue weighted by Gasteiger charge is -2.28. The van der Waals surface area contributed by atoms with Gasteiger partial charge < -0.3 is 14.5 Å². The van der Waals surface area contributed by atoms with Crippen LogP contribution in [-0.4, -0.2) is 40.3 Å². The van der Waals surface area contributed by atoms with Gasteiger partial charge in [-0.15, -0.1) is 0 Å². The van der Waals surface area contributed by atoms with Crippen molar-refractivity contribution in [3.8, 4) is 0 Å². The predicted octanol–water partition coefficient (Wildman–Crippen LogP) is 1.92. The summed E-state index contributed by atoms with van der Waals surface area (Å²) < 4.78 is 5.09. The minimum Gasteiger partial charge on any atom is -0.388 e. The summed E-state index contributed by atoms with van der Waals surface area (Å²) >= 11 is 0. The quantitative estimate of drug-likeness (QED) is 0.904. The molecule has 0 aromatic carbocycles. The highest BCUT2D eigenvalue weighted by atomic mass is 16.5. The summed E-state index contributed by atoms with van der Waals surface area (Å²) in [6, 6.07) is 0. The maximum absolute atomic E-state index is 12.5. The van der Waals surface area contributed by atoms with E-state index >= 15 is 0 Å². The molecule has 0 radical (unpaired) electrons. The first-order valence-electron chi connectivity index (χ1n) is 6.90. The van der Waals surface area contributed by atoms with Crippen molar-refractivity contribution in [2.24, 2.45) is 0 Å². The lowest BCUT2D eigenvalue weighted by molar-refractivity contribution is 0.0156. The second-order valence-electron chi connectivity index (χ2n) is 5.51. The van der Waals surface area contributed by atoms with Crippen LogP contribution < -0.4 is 0 Å². The number of likely N-dealkylation sites (N-methyl/N-ethyl adjacent to an activating group) is 1. The molecule has 2 rings (SSSR count). The number of aliphatic hydroxyl groups is 1. The number of carbonyl (C=O) groups excluding carboxylic acids is 1. The highest BCUT2D eigenvalue weighted by Crippen LogP contribution is 2.30. The molecule has 0 unspecified atom stereocenters. The van der Waals surface area contributed by atoms with Crippen LogP contribution in [0.25, 0.3) is 0 Å². The van der Waals surface area contributed by atoms with Crippen LogP contribution in [-0.2, 0) is 6.42 Å². The summed E-state index contributed by atoms with van der Waals surface area (Å²) in [6.07, 6.45) is 4.27. The summed E-state index contributed by atoms with van der Waals surface area (Å²) in [5.41, 5.74) is 0.515. The van der Waals surface area contributed by atoms with Crippen LogP contribution in [0.4, 0.5) is 0 Å². The van der Waals surface area contributed by atoms with E-state index in [4.69, 9.17) is 4.52 Å². The van der Waals surface area contributed by atoms with Crippen LogP contribution in [0, 0.1) is 6.92 Å². The van der Waals surface area contributed by atoms with Crippen molar-refractivity contribution in [2.75, 3.05) is 13.6 Å². The molecule has 1 aromatic rings. The van der Waals surface area contributed by atoms with Crippen molar-refractivity contribution in [1.29, 1.82) is 0 Å². The summed E-state index contributed by atoms with van der Waals surface area (Å²) in [5.74, 6) is 0.433. The molecule has 1 amide bonds. The average Bonchev–Trinajstić information content (AvgIpc) is 2.94. The van der Waals surface area contributed by atoms with E-state index in [-0.39, 0.29) is 5.91 Å². The third kappa shape index (κ3) is 2.81. The van der Waals surface area contributed by atoms with Gasteiger partial charge in [0, 0.05) is 13.6 Å². The van der Waals surface area contributed by atoms with Crippen LogP contribution in [0.5, 0.6) is 0 Å². The van der Waals surface area contributed by atoms with Gasteiger partial charge in [-0.2, -0.15) is 0 Å². The second-order valence-corrected chi connectivity index (χ2v) is 5.51. The smallest absolute Gasteiger partial charge is 0.259 e. The fourth-order valence-corrected chi connectivity index (χ4v) is 2.83. The molecule has 1 N–H and O–H groups in total. The molecule has 0 aliphatic heterocycles. The standard InChI is InChI=1S/C14H22N2O3/c1-4-11-12(10(2)19-15-11)13(17)16(3)9-14(18)7-5-6-8-14/h18H,4-9H2,1-3H3. The zero-order valence-electron chi connectivity index (χ0n) is 11.9. The molecule has 1 saturated carbocycles. The molecular formula is C14H22N2O3. The maximum Gasteiger partial charge on any atom is 0.259 e. The molecule has 0 bridgehead atoms. The van der Waals surface area contributed by atoms with Gasteiger partial charge in [0.05, 0.1) is 11.3 Å². The lowest BCUT2D eigenvalue weighted by atomic mass is 10.0. The molecule has 5 nitrogen and oxygen atoms in total. The normalized spacial score (nSPS) is 17.7. The Labute approximate surface area is 113 Å². The van der Waals surface area contributed by atoms with Crippen LogP contribution >= 0.6 is 0 Å². The molecule has 1 fully saturated rings.